The predicted molar refractivity (Wildman–Crippen MR) is 42.4 cm³/mol. The Labute approximate surface area is 76.9 Å². The second-order valence-electron chi connectivity index (χ2n) is 2.40. The Balaban J connectivity index is 2.95. The minimum Gasteiger partial charge on any atom is -0.351 e. The maximum atomic E-state index is 12.1. The van der Waals surface area contributed by atoms with Crippen LogP contribution in [0.4, 0.5) is 23.8 Å². The van der Waals surface area contributed by atoms with Crippen LogP contribution in [0.1, 0.15) is 5.69 Å². The highest BCUT2D eigenvalue weighted by molar-refractivity contribution is 5.86. The van der Waals surface area contributed by atoms with Crippen molar-refractivity contribution in [3.8, 4) is 0 Å². The van der Waals surface area contributed by atoms with Gasteiger partial charge in [0.2, 0.25) is 0 Å². The summed E-state index contributed by atoms with van der Waals surface area (Å²) in [6.07, 6.45) is -4.53. The van der Waals surface area contributed by atoms with E-state index in [1.807, 2.05) is 5.32 Å². The van der Waals surface area contributed by atoms with Gasteiger partial charge in [-0.05, 0) is 12.1 Å². The van der Waals surface area contributed by atoms with E-state index in [0.717, 1.165) is 12.1 Å². The minimum absolute atomic E-state index is 0.229. The van der Waals surface area contributed by atoms with Crippen molar-refractivity contribution in [2.24, 2.45) is 5.73 Å². The molecule has 76 valence electrons. The summed E-state index contributed by atoms with van der Waals surface area (Å²) < 4.78 is 36.3. The number of nitrogens with one attached hydrogen (secondary N) is 1. The SMILES string of the molecule is NC(=O)Nc1cccc(C(F)(F)F)n1. The third-order valence-electron chi connectivity index (χ3n) is 1.29. The second kappa shape index (κ2) is 3.52. The van der Waals surface area contributed by atoms with Crippen LogP contribution in [0.2, 0.25) is 0 Å². The number of anilines is 1. The minimum atomic E-state index is -4.53. The van der Waals surface area contributed by atoms with Gasteiger partial charge in [0.25, 0.3) is 0 Å². The molecule has 0 aromatic carbocycles. The molecule has 0 fully saturated rings. The number of halogens is 3. The summed E-state index contributed by atoms with van der Waals surface area (Å²) in [5.41, 5.74) is 3.63. The average molecular weight is 205 g/mol. The van der Waals surface area contributed by atoms with E-state index in [9.17, 15) is 18.0 Å². The van der Waals surface area contributed by atoms with E-state index in [4.69, 9.17) is 5.73 Å². The molecule has 0 aliphatic rings. The van der Waals surface area contributed by atoms with Gasteiger partial charge in [0.05, 0.1) is 0 Å². The van der Waals surface area contributed by atoms with E-state index in [0.29, 0.717) is 0 Å². The fourth-order valence-electron chi connectivity index (χ4n) is 0.788. The van der Waals surface area contributed by atoms with Crippen LogP contribution < -0.4 is 11.1 Å². The summed E-state index contributed by atoms with van der Waals surface area (Å²) >= 11 is 0. The van der Waals surface area contributed by atoms with Crippen LogP contribution in [-0.4, -0.2) is 11.0 Å². The van der Waals surface area contributed by atoms with Gasteiger partial charge in [-0.2, -0.15) is 13.2 Å². The van der Waals surface area contributed by atoms with Crippen molar-refractivity contribution in [2.45, 2.75) is 6.18 Å². The molecular weight excluding hydrogens is 199 g/mol. The lowest BCUT2D eigenvalue weighted by Gasteiger charge is -2.07. The molecule has 4 nitrogen and oxygen atoms in total. The third-order valence-corrected chi connectivity index (χ3v) is 1.29. The van der Waals surface area contributed by atoms with Crippen LogP contribution in [0.25, 0.3) is 0 Å². The van der Waals surface area contributed by atoms with Gasteiger partial charge in [0.1, 0.15) is 11.5 Å². The highest BCUT2D eigenvalue weighted by atomic mass is 19.4. The number of nitrogens with two attached hydrogens (primary N) is 1. The number of alkyl halides is 3. The van der Waals surface area contributed by atoms with Crippen molar-refractivity contribution in [3.63, 3.8) is 0 Å². The lowest BCUT2D eigenvalue weighted by molar-refractivity contribution is -0.141. The quantitative estimate of drug-likeness (QED) is 0.730. The van der Waals surface area contributed by atoms with E-state index >= 15 is 0 Å². The zero-order valence-electron chi connectivity index (χ0n) is 6.80. The Kier molecular flexibility index (Phi) is 2.59. The Morgan fingerprint density at radius 2 is 2.07 bits per heavy atom. The number of rotatable bonds is 1. The number of amides is 2. The Hall–Kier alpha value is -1.79. The van der Waals surface area contributed by atoms with E-state index in [1.54, 1.807) is 0 Å². The number of hydrogen-bond donors (Lipinski definition) is 2. The van der Waals surface area contributed by atoms with Gasteiger partial charge < -0.3 is 5.73 Å². The van der Waals surface area contributed by atoms with Crippen LogP contribution in [-0.2, 0) is 6.18 Å². The van der Waals surface area contributed by atoms with Gasteiger partial charge in [-0.15, -0.1) is 0 Å². The average Bonchev–Trinajstić information content (AvgIpc) is 2.01. The number of pyridine rings is 1. The number of carbonyl (C=O) groups excluding carboxylic acids is 1. The molecule has 0 saturated carbocycles. The summed E-state index contributed by atoms with van der Waals surface area (Å²) in [6, 6.07) is 2.17. The molecule has 0 radical (unpaired) electrons. The molecule has 0 saturated heterocycles. The number of aromatic nitrogens is 1. The predicted octanol–water partition coefficient (Wildman–Crippen LogP) is 1.59. The Bertz CT molecular complexity index is 350. The zero-order chi connectivity index (χ0) is 10.8. The molecule has 1 aromatic heterocycles. The molecule has 7 heteroatoms. The molecule has 0 aliphatic carbocycles. The normalized spacial score (nSPS) is 11.1. The fourth-order valence-corrected chi connectivity index (χ4v) is 0.788. The standard InChI is InChI=1S/C7H6F3N3O/c8-7(9,10)4-2-1-3-5(12-4)13-6(11)14/h1-3H,(H3,11,12,13,14). The number of carbonyl (C=O) groups is 1. The highest BCUT2D eigenvalue weighted by Crippen LogP contribution is 2.27. The lowest BCUT2D eigenvalue weighted by atomic mass is 10.3. The number of nitrogens with zero attached hydrogens (tertiary/aromatic N) is 1. The van der Waals surface area contributed by atoms with Crippen molar-refractivity contribution < 1.29 is 18.0 Å². The van der Waals surface area contributed by atoms with Gasteiger partial charge in [-0.25, -0.2) is 9.78 Å². The summed E-state index contributed by atoms with van der Waals surface area (Å²) in [7, 11) is 0. The van der Waals surface area contributed by atoms with E-state index < -0.39 is 17.9 Å². The number of urea groups is 1. The van der Waals surface area contributed by atoms with E-state index in [1.165, 1.54) is 6.07 Å². The van der Waals surface area contributed by atoms with Crippen LogP contribution in [0.5, 0.6) is 0 Å². The fraction of sp³-hybridized carbons (Fsp3) is 0.143. The molecule has 3 N–H and O–H groups in total. The van der Waals surface area contributed by atoms with Gasteiger partial charge in [-0.1, -0.05) is 6.07 Å². The van der Waals surface area contributed by atoms with Crippen molar-refractivity contribution in [1.82, 2.24) is 4.98 Å². The first-order chi connectivity index (χ1) is 6.39. The van der Waals surface area contributed by atoms with Crippen LogP contribution in [0, 0.1) is 0 Å². The summed E-state index contributed by atoms with van der Waals surface area (Å²) in [5, 5.41) is 1.94. The largest absolute Gasteiger partial charge is 0.433 e. The van der Waals surface area contributed by atoms with Crippen molar-refractivity contribution in [2.75, 3.05) is 5.32 Å². The second-order valence-corrected chi connectivity index (χ2v) is 2.40. The first-order valence-corrected chi connectivity index (χ1v) is 3.50. The molecule has 0 aliphatic heterocycles. The molecule has 1 rings (SSSR count). The van der Waals surface area contributed by atoms with Crippen molar-refractivity contribution >= 4 is 11.8 Å². The smallest absolute Gasteiger partial charge is 0.351 e. The highest BCUT2D eigenvalue weighted by Gasteiger charge is 2.32. The van der Waals surface area contributed by atoms with Crippen LogP contribution >= 0.6 is 0 Å². The lowest BCUT2D eigenvalue weighted by Crippen LogP contribution is -2.21. The molecule has 0 unspecified atom stereocenters. The topological polar surface area (TPSA) is 68.0 Å². The first kappa shape index (κ1) is 10.3. The molecular formula is C7H6F3N3O. The molecule has 1 aromatic rings. The number of hydrogen-bond acceptors (Lipinski definition) is 2. The van der Waals surface area contributed by atoms with E-state index in [-0.39, 0.29) is 5.82 Å². The van der Waals surface area contributed by atoms with Crippen LogP contribution in [0.15, 0.2) is 18.2 Å². The zero-order valence-corrected chi connectivity index (χ0v) is 6.80. The van der Waals surface area contributed by atoms with Gasteiger partial charge in [0, 0.05) is 0 Å². The monoisotopic (exact) mass is 205 g/mol. The van der Waals surface area contributed by atoms with Gasteiger partial charge >= 0.3 is 12.2 Å². The third kappa shape index (κ3) is 2.61. The maximum Gasteiger partial charge on any atom is 0.433 e. The number of primary amides is 1. The molecule has 1 heterocycles. The van der Waals surface area contributed by atoms with Crippen LogP contribution in [0.3, 0.4) is 0 Å². The van der Waals surface area contributed by atoms with Gasteiger partial charge in [0.15, 0.2) is 0 Å². The Morgan fingerprint density at radius 3 is 2.57 bits per heavy atom. The molecule has 0 atom stereocenters. The van der Waals surface area contributed by atoms with E-state index in [2.05, 4.69) is 4.98 Å². The summed E-state index contributed by atoms with van der Waals surface area (Å²) in [6.45, 7) is 0. The molecule has 14 heavy (non-hydrogen) atoms. The molecule has 0 bridgehead atoms. The van der Waals surface area contributed by atoms with Crippen molar-refractivity contribution in [1.29, 1.82) is 0 Å². The summed E-state index contributed by atoms with van der Waals surface area (Å²) in [5.74, 6) is -0.229. The Morgan fingerprint density at radius 1 is 1.43 bits per heavy atom. The first-order valence-electron chi connectivity index (χ1n) is 3.50. The van der Waals surface area contributed by atoms with Gasteiger partial charge in [-0.3, -0.25) is 5.32 Å². The molecule has 0 spiro atoms. The summed E-state index contributed by atoms with van der Waals surface area (Å²) in [4.78, 5) is 13.5. The maximum absolute atomic E-state index is 12.1. The van der Waals surface area contributed by atoms with Crippen molar-refractivity contribution in [3.05, 3.63) is 23.9 Å². The molecule has 2 amide bonds.